The number of hydrogen-bond donors (Lipinski definition) is 0. The summed E-state index contributed by atoms with van der Waals surface area (Å²) in [4.78, 5) is 19.6. The van der Waals surface area contributed by atoms with Crippen LogP contribution in [0.2, 0.25) is 0 Å². The molecule has 1 atom stereocenters. The van der Waals surface area contributed by atoms with Crippen molar-refractivity contribution in [1.82, 2.24) is 24.8 Å². The van der Waals surface area contributed by atoms with E-state index >= 15 is 0 Å². The molecule has 0 saturated heterocycles. The number of carbonyl (C=O) groups excluding carboxylic acids is 1. The van der Waals surface area contributed by atoms with Gasteiger partial charge in [-0.1, -0.05) is 23.9 Å². The fraction of sp³-hybridized carbons (Fsp3) is 0.190. The van der Waals surface area contributed by atoms with Gasteiger partial charge in [-0.05, 0) is 35.0 Å². The summed E-state index contributed by atoms with van der Waals surface area (Å²) in [7, 11) is 1.90. The summed E-state index contributed by atoms with van der Waals surface area (Å²) >= 11 is 4.67. The maximum Gasteiger partial charge on any atom is 0.253 e. The molecule has 0 aromatic carbocycles. The molecule has 4 aromatic heterocycles. The van der Waals surface area contributed by atoms with Crippen LogP contribution in [-0.2, 0) is 11.8 Å². The summed E-state index contributed by atoms with van der Waals surface area (Å²) in [5.74, 6) is 0.918. The van der Waals surface area contributed by atoms with Gasteiger partial charge in [-0.25, -0.2) is 5.01 Å². The van der Waals surface area contributed by atoms with Gasteiger partial charge in [0.25, 0.3) is 5.91 Å². The van der Waals surface area contributed by atoms with Crippen molar-refractivity contribution >= 4 is 46.1 Å². The molecule has 0 bridgehead atoms. The highest BCUT2D eigenvalue weighted by molar-refractivity contribution is 7.99. The van der Waals surface area contributed by atoms with Gasteiger partial charge in [0.1, 0.15) is 0 Å². The third kappa shape index (κ3) is 4.06. The van der Waals surface area contributed by atoms with Crippen molar-refractivity contribution in [3.05, 3.63) is 69.3 Å². The van der Waals surface area contributed by atoms with E-state index in [1.165, 1.54) is 11.8 Å². The summed E-state index contributed by atoms with van der Waals surface area (Å²) in [6, 6.07) is 11.9. The van der Waals surface area contributed by atoms with Crippen LogP contribution in [0.5, 0.6) is 0 Å². The zero-order valence-electron chi connectivity index (χ0n) is 16.6. The van der Waals surface area contributed by atoms with Crippen molar-refractivity contribution in [1.29, 1.82) is 0 Å². The minimum absolute atomic E-state index is 0.0408. The number of rotatable bonds is 6. The quantitative estimate of drug-likeness (QED) is 0.392. The van der Waals surface area contributed by atoms with Crippen LogP contribution in [0.3, 0.4) is 0 Å². The molecule has 4 aromatic rings. The first-order valence-electron chi connectivity index (χ1n) is 9.60. The Balaban J connectivity index is 1.34. The Hall–Kier alpha value is -2.82. The summed E-state index contributed by atoms with van der Waals surface area (Å²) in [6.07, 6.45) is 4.20. The average Bonchev–Trinajstić information content (AvgIpc) is 3.59. The van der Waals surface area contributed by atoms with Crippen LogP contribution in [0.15, 0.2) is 69.8 Å². The van der Waals surface area contributed by atoms with Gasteiger partial charge in [-0.3, -0.25) is 9.78 Å². The molecule has 1 aliphatic rings. The van der Waals surface area contributed by atoms with Gasteiger partial charge in [-0.2, -0.15) is 5.10 Å². The zero-order chi connectivity index (χ0) is 21.2. The van der Waals surface area contributed by atoms with E-state index in [-0.39, 0.29) is 17.7 Å². The third-order valence-corrected chi connectivity index (χ3v) is 7.82. The lowest BCUT2D eigenvalue weighted by molar-refractivity contribution is -0.130. The standard InChI is InChI=1S/C21H18N6OS3/c1-26-20(14-5-2-8-22-12-14)23-24-21(26)31-13-19(28)27-16(18-7-4-10-30-18)11-15(25-27)17-6-3-9-29-17/h2-10,12,16H,11,13H2,1H3. The predicted octanol–water partition coefficient (Wildman–Crippen LogP) is 4.47. The summed E-state index contributed by atoms with van der Waals surface area (Å²) in [5, 5.41) is 19.6. The monoisotopic (exact) mass is 466 g/mol. The van der Waals surface area contributed by atoms with Crippen LogP contribution in [0.25, 0.3) is 11.4 Å². The van der Waals surface area contributed by atoms with E-state index in [1.807, 2.05) is 46.6 Å². The van der Waals surface area contributed by atoms with E-state index in [4.69, 9.17) is 5.10 Å². The molecule has 1 aliphatic heterocycles. The summed E-state index contributed by atoms with van der Waals surface area (Å²) < 4.78 is 1.88. The molecule has 1 amide bonds. The van der Waals surface area contributed by atoms with E-state index in [0.29, 0.717) is 5.16 Å². The molecule has 7 nitrogen and oxygen atoms in total. The van der Waals surface area contributed by atoms with Crippen molar-refractivity contribution in [2.45, 2.75) is 17.6 Å². The summed E-state index contributed by atoms with van der Waals surface area (Å²) in [5.41, 5.74) is 1.85. The zero-order valence-corrected chi connectivity index (χ0v) is 19.0. The maximum atomic E-state index is 13.2. The van der Waals surface area contributed by atoms with Crippen molar-refractivity contribution in [2.75, 3.05) is 5.75 Å². The highest BCUT2D eigenvalue weighted by Crippen LogP contribution is 2.36. The highest BCUT2D eigenvalue weighted by atomic mass is 32.2. The van der Waals surface area contributed by atoms with Crippen LogP contribution in [0.4, 0.5) is 0 Å². The number of thiophene rings is 2. The molecule has 10 heteroatoms. The van der Waals surface area contributed by atoms with Crippen molar-refractivity contribution in [2.24, 2.45) is 12.1 Å². The average molecular weight is 467 g/mol. The summed E-state index contributed by atoms with van der Waals surface area (Å²) in [6.45, 7) is 0. The smallest absolute Gasteiger partial charge is 0.253 e. The largest absolute Gasteiger partial charge is 0.305 e. The molecule has 5 rings (SSSR count). The van der Waals surface area contributed by atoms with E-state index in [0.717, 1.165) is 33.3 Å². The Bertz CT molecular complexity index is 1200. The molecule has 31 heavy (non-hydrogen) atoms. The van der Waals surface area contributed by atoms with Gasteiger partial charge in [-0.15, -0.1) is 32.9 Å². The second-order valence-electron chi connectivity index (χ2n) is 6.89. The number of thioether (sulfide) groups is 1. The molecule has 0 aliphatic carbocycles. The molecular formula is C21H18N6OS3. The molecule has 5 heterocycles. The molecular weight excluding hydrogens is 448 g/mol. The number of amides is 1. The normalized spacial score (nSPS) is 16.0. The van der Waals surface area contributed by atoms with E-state index in [9.17, 15) is 4.79 Å². The Labute approximate surface area is 191 Å². The van der Waals surface area contributed by atoms with Crippen molar-refractivity contribution in [3.8, 4) is 11.4 Å². The van der Waals surface area contributed by atoms with Gasteiger partial charge in [0, 0.05) is 36.3 Å². The Kier molecular flexibility index (Phi) is 5.66. The van der Waals surface area contributed by atoms with E-state index in [1.54, 1.807) is 40.1 Å². The fourth-order valence-corrected chi connectivity index (χ4v) is 5.71. The topological polar surface area (TPSA) is 76.3 Å². The lowest BCUT2D eigenvalue weighted by atomic mass is 10.1. The number of hydrogen-bond acceptors (Lipinski definition) is 8. The second kappa shape index (κ2) is 8.74. The molecule has 156 valence electrons. The molecule has 0 saturated carbocycles. The number of pyridine rings is 1. The minimum Gasteiger partial charge on any atom is -0.305 e. The van der Waals surface area contributed by atoms with Crippen LogP contribution in [0.1, 0.15) is 22.2 Å². The van der Waals surface area contributed by atoms with Crippen LogP contribution >= 0.6 is 34.4 Å². The SMILES string of the molecule is Cn1c(SCC(=O)N2N=C(c3cccs3)CC2c2cccs2)nnc1-c1cccnc1. The molecule has 0 spiro atoms. The van der Waals surface area contributed by atoms with Gasteiger partial charge >= 0.3 is 0 Å². The van der Waals surface area contributed by atoms with Crippen molar-refractivity contribution < 1.29 is 4.79 Å². The number of hydrazone groups is 1. The van der Waals surface area contributed by atoms with E-state index < -0.39 is 0 Å². The van der Waals surface area contributed by atoms with Crippen LogP contribution < -0.4 is 0 Å². The first-order chi connectivity index (χ1) is 15.2. The highest BCUT2D eigenvalue weighted by Gasteiger charge is 2.34. The van der Waals surface area contributed by atoms with Gasteiger partial charge in [0.15, 0.2) is 11.0 Å². The molecule has 1 unspecified atom stereocenters. The van der Waals surface area contributed by atoms with Gasteiger partial charge in [0.2, 0.25) is 0 Å². The Morgan fingerprint density at radius 3 is 2.77 bits per heavy atom. The van der Waals surface area contributed by atoms with Crippen LogP contribution in [-0.4, -0.2) is 42.1 Å². The number of carbonyl (C=O) groups is 1. The molecule has 0 N–H and O–H groups in total. The number of aromatic nitrogens is 4. The minimum atomic E-state index is -0.0596. The lowest BCUT2D eigenvalue weighted by Crippen LogP contribution is -2.28. The van der Waals surface area contributed by atoms with Gasteiger partial charge < -0.3 is 4.57 Å². The number of nitrogens with zero attached hydrogens (tertiary/aromatic N) is 6. The Morgan fingerprint density at radius 1 is 1.16 bits per heavy atom. The maximum absolute atomic E-state index is 13.2. The molecule has 0 fully saturated rings. The predicted molar refractivity (Wildman–Crippen MR) is 124 cm³/mol. The second-order valence-corrected chi connectivity index (χ2v) is 9.76. The third-order valence-electron chi connectivity index (χ3n) is 4.92. The molecule has 0 radical (unpaired) electrons. The van der Waals surface area contributed by atoms with Gasteiger partial charge in [0.05, 0.1) is 22.4 Å². The van der Waals surface area contributed by atoms with Crippen LogP contribution in [0, 0.1) is 0 Å². The lowest BCUT2D eigenvalue weighted by Gasteiger charge is -2.20. The van der Waals surface area contributed by atoms with Crippen molar-refractivity contribution in [3.63, 3.8) is 0 Å². The first kappa shape index (κ1) is 20.1. The van der Waals surface area contributed by atoms with E-state index in [2.05, 4.69) is 27.3 Å². The first-order valence-corrected chi connectivity index (χ1v) is 12.3. The Morgan fingerprint density at radius 2 is 2.03 bits per heavy atom. The fourth-order valence-electron chi connectivity index (χ4n) is 3.41.